The van der Waals surface area contributed by atoms with E-state index in [0.717, 1.165) is 5.56 Å². The summed E-state index contributed by atoms with van der Waals surface area (Å²) in [5.41, 5.74) is -0.0220. The Bertz CT molecular complexity index is 682. The lowest BCUT2D eigenvalue weighted by Crippen LogP contribution is -2.64. The molecule has 0 saturated carbocycles. The van der Waals surface area contributed by atoms with Gasteiger partial charge in [0.15, 0.2) is 6.29 Å². The molecule has 2 fully saturated rings. The first-order valence-electron chi connectivity index (χ1n) is 8.05. The molecule has 3 aliphatic rings. The molecule has 6 nitrogen and oxygen atoms in total. The predicted octanol–water partition coefficient (Wildman–Crippen LogP) is 1.86. The van der Waals surface area contributed by atoms with Crippen LogP contribution in [0.15, 0.2) is 42.5 Å². The van der Waals surface area contributed by atoms with Crippen molar-refractivity contribution in [3.8, 4) is 0 Å². The van der Waals surface area contributed by atoms with Gasteiger partial charge in [-0.15, -0.1) is 0 Å². The molecule has 6 heteroatoms. The van der Waals surface area contributed by atoms with E-state index in [1.54, 1.807) is 4.90 Å². The van der Waals surface area contributed by atoms with E-state index in [1.807, 2.05) is 42.5 Å². The number of hydrogen-bond acceptors (Lipinski definition) is 5. The van der Waals surface area contributed by atoms with Crippen molar-refractivity contribution < 1.29 is 23.8 Å². The Morgan fingerprint density at radius 1 is 1.25 bits per heavy atom. The Hall–Kier alpha value is -2.18. The third-order valence-electron chi connectivity index (χ3n) is 5.03. The molecule has 3 atom stereocenters. The molecule has 1 aromatic rings. The fourth-order valence-electron chi connectivity index (χ4n) is 4.05. The summed E-state index contributed by atoms with van der Waals surface area (Å²) in [5.74, 6) is -0.325. The normalized spacial score (nSPS) is 32.4. The largest absolute Gasteiger partial charge is 0.453 e. The molecule has 3 aliphatic heterocycles. The van der Waals surface area contributed by atoms with Gasteiger partial charge in [0.2, 0.25) is 0 Å². The van der Waals surface area contributed by atoms with Gasteiger partial charge < -0.3 is 14.2 Å². The zero-order valence-corrected chi connectivity index (χ0v) is 13.4. The van der Waals surface area contributed by atoms with Crippen LogP contribution >= 0.6 is 0 Å². The summed E-state index contributed by atoms with van der Waals surface area (Å²) in [7, 11) is 1.35. The van der Waals surface area contributed by atoms with Gasteiger partial charge in [-0.25, -0.2) is 4.79 Å². The Morgan fingerprint density at radius 2 is 1.96 bits per heavy atom. The Kier molecular flexibility index (Phi) is 3.66. The van der Waals surface area contributed by atoms with E-state index in [9.17, 15) is 9.59 Å². The number of carbonyl (C=O) groups excluding carboxylic acids is 2. The number of piperidine rings is 1. The Balaban J connectivity index is 1.77. The molecule has 0 spiro atoms. The number of fused-ring (bicyclic) bond motifs is 2. The number of carbonyl (C=O) groups is 2. The van der Waals surface area contributed by atoms with Crippen LogP contribution in [-0.2, 0) is 19.0 Å². The third kappa shape index (κ3) is 2.10. The standard InChI is InChI=1S/C18H19NO5/c1-22-17(21)19-13-7-8-18(19,16-23-9-10-24-16)11-14(20)15(13)12-5-3-2-4-6-12/h2-8,13,15-16H,9-11H2,1H3. The average Bonchev–Trinajstić information content (AvgIpc) is 3.22. The van der Waals surface area contributed by atoms with E-state index in [-0.39, 0.29) is 12.2 Å². The molecule has 3 unspecified atom stereocenters. The highest BCUT2D eigenvalue weighted by atomic mass is 16.7. The topological polar surface area (TPSA) is 65.1 Å². The first kappa shape index (κ1) is 15.4. The number of Topliss-reactive ketones (excluding diaryl/α,β-unsaturated/α-hetero) is 1. The molecule has 0 N–H and O–H groups in total. The first-order valence-corrected chi connectivity index (χ1v) is 8.05. The van der Waals surface area contributed by atoms with Crippen molar-refractivity contribution in [3.05, 3.63) is 48.0 Å². The van der Waals surface area contributed by atoms with Crippen LogP contribution < -0.4 is 0 Å². The van der Waals surface area contributed by atoms with E-state index in [2.05, 4.69) is 0 Å². The minimum atomic E-state index is -0.920. The van der Waals surface area contributed by atoms with Crippen LogP contribution in [0.25, 0.3) is 0 Å². The van der Waals surface area contributed by atoms with E-state index >= 15 is 0 Å². The molecule has 2 saturated heterocycles. The van der Waals surface area contributed by atoms with Gasteiger partial charge in [-0.3, -0.25) is 9.69 Å². The summed E-state index contributed by atoms with van der Waals surface area (Å²) in [5, 5.41) is 0. The van der Waals surface area contributed by atoms with Crippen molar-refractivity contribution >= 4 is 11.9 Å². The molecule has 1 amide bonds. The summed E-state index contributed by atoms with van der Waals surface area (Å²) in [6.07, 6.45) is 2.82. The molecule has 0 radical (unpaired) electrons. The maximum absolute atomic E-state index is 12.9. The second-order valence-corrected chi connectivity index (χ2v) is 6.29. The zero-order valence-electron chi connectivity index (χ0n) is 13.4. The lowest BCUT2D eigenvalue weighted by atomic mass is 9.78. The molecular formula is C18H19NO5. The summed E-state index contributed by atoms with van der Waals surface area (Å²) >= 11 is 0. The van der Waals surface area contributed by atoms with E-state index < -0.39 is 29.9 Å². The van der Waals surface area contributed by atoms with Crippen molar-refractivity contribution in [3.63, 3.8) is 0 Å². The molecule has 24 heavy (non-hydrogen) atoms. The molecule has 0 aliphatic carbocycles. The van der Waals surface area contributed by atoms with E-state index in [0.29, 0.717) is 13.2 Å². The summed E-state index contributed by atoms with van der Waals surface area (Å²) in [6.45, 7) is 0.909. The quantitative estimate of drug-likeness (QED) is 0.775. The number of methoxy groups -OCH3 is 1. The van der Waals surface area contributed by atoms with Crippen LogP contribution in [0.1, 0.15) is 17.9 Å². The van der Waals surface area contributed by atoms with Gasteiger partial charge >= 0.3 is 6.09 Å². The Morgan fingerprint density at radius 3 is 2.62 bits per heavy atom. The Labute approximate surface area is 140 Å². The third-order valence-corrected chi connectivity index (χ3v) is 5.03. The van der Waals surface area contributed by atoms with Gasteiger partial charge in [0.1, 0.15) is 11.3 Å². The number of nitrogens with zero attached hydrogens (tertiary/aromatic N) is 1. The lowest BCUT2D eigenvalue weighted by Gasteiger charge is -2.47. The van der Waals surface area contributed by atoms with Crippen LogP contribution in [-0.4, -0.2) is 55.0 Å². The molecule has 126 valence electrons. The highest BCUT2D eigenvalue weighted by Crippen LogP contribution is 2.47. The number of benzene rings is 1. The average molecular weight is 329 g/mol. The number of ketones is 1. The van der Waals surface area contributed by atoms with Crippen LogP contribution in [0, 0.1) is 0 Å². The molecule has 1 aromatic carbocycles. The van der Waals surface area contributed by atoms with Gasteiger partial charge in [0.05, 0.1) is 32.3 Å². The fraction of sp³-hybridized carbons (Fsp3) is 0.444. The van der Waals surface area contributed by atoms with Crippen LogP contribution in [0.5, 0.6) is 0 Å². The van der Waals surface area contributed by atoms with Crippen molar-refractivity contribution in [2.45, 2.75) is 30.2 Å². The summed E-state index contributed by atoms with van der Waals surface area (Å²) in [4.78, 5) is 27.1. The molecular weight excluding hydrogens is 310 g/mol. The minimum Gasteiger partial charge on any atom is -0.453 e. The highest BCUT2D eigenvalue weighted by molar-refractivity contribution is 5.92. The van der Waals surface area contributed by atoms with Crippen LogP contribution in [0.4, 0.5) is 4.79 Å². The van der Waals surface area contributed by atoms with Gasteiger partial charge in [-0.2, -0.15) is 0 Å². The van der Waals surface area contributed by atoms with E-state index in [1.165, 1.54) is 7.11 Å². The molecule has 2 bridgehead atoms. The number of rotatable bonds is 2. The van der Waals surface area contributed by atoms with Gasteiger partial charge in [0.25, 0.3) is 0 Å². The van der Waals surface area contributed by atoms with Gasteiger partial charge in [-0.05, 0) is 5.56 Å². The monoisotopic (exact) mass is 329 g/mol. The maximum atomic E-state index is 12.9. The molecule has 0 aromatic heterocycles. The molecule has 4 rings (SSSR count). The van der Waals surface area contributed by atoms with Crippen LogP contribution in [0.3, 0.4) is 0 Å². The predicted molar refractivity (Wildman–Crippen MR) is 84.4 cm³/mol. The maximum Gasteiger partial charge on any atom is 0.410 e. The first-order chi connectivity index (χ1) is 11.7. The van der Waals surface area contributed by atoms with Gasteiger partial charge in [-0.1, -0.05) is 42.5 Å². The molecule has 3 heterocycles. The van der Waals surface area contributed by atoms with Crippen molar-refractivity contribution in [2.75, 3.05) is 20.3 Å². The second kappa shape index (κ2) is 5.72. The minimum absolute atomic E-state index is 0.0791. The summed E-state index contributed by atoms with van der Waals surface area (Å²) < 4.78 is 16.3. The number of ether oxygens (including phenoxy) is 3. The second-order valence-electron chi connectivity index (χ2n) is 6.29. The smallest absolute Gasteiger partial charge is 0.410 e. The SMILES string of the molecule is COC(=O)N1C2C=CC1(C1OCCO1)CC(=O)C2c1ccccc1. The number of amides is 1. The van der Waals surface area contributed by atoms with Crippen molar-refractivity contribution in [2.24, 2.45) is 0 Å². The lowest BCUT2D eigenvalue weighted by molar-refractivity contribution is -0.153. The van der Waals surface area contributed by atoms with Crippen molar-refractivity contribution in [1.82, 2.24) is 4.90 Å². The summed E-state index contributed by atoms with van der Waals surface area (Å²) in [6, 6.07) is 9.14. The van der Waals surface area contributed by atoms with Crippen molar-refractivity contribution in [1.29, 1.82) is 0 Å². The zero-order chi connectivity index (χ0) is 16.7. The van der Waals surface area contributed by atoms with E-state index in [4.69, 9.17) is 14.2 Å². The highest BCUT2D eigenvalue weighted by Gasteiger charge is 2.60. The fourth-order valence-corrected chi connectivity index (χ4v) is 4.05. The van der Waals surface area contributed by atoms with Crippen LogP contribution in [0.2, 0.25) is 0 Å². The number of hydrogen-bond donors (Lipinski definition) is 0. The van der Waals surface area contributed by atoms with Gasteiger partial charge in [0, 0.05) is 6.42 Å².